The summed E-state index contributed by atoms with van der Waals surface area (Å²) < 4.78 is 11.4. The van der Waals surface area contributed by atoms with Crippen molar-refractivity contribution in [1.82, 2.24) is 0 Å². The first-order valence-electron chi connectivity index (χ1n) is 7.74. The first-order valence-corrected chi connectivity index (χ1v) is 9.30. The number of nitrogens with zero attached hydrogens (tertiary/aromatic N) is 1. The normalized spacial score (nSPS) is 15.4. The topological polar surface area (TPSA) is 49.4 Å². The van der Waals surface area contributed by atoms with Gasteiger partial charge in [-0.05, 0) is 49.2 Å². The van der Waals surface area contributed by atoms with Gasteiger partial charge in [0.15, 0.2) is 0 Å². The molecule has 1 amide bonds. The van der Waals surface area contributed by atoms with E-state index in [0.717, 1.165) is 29.4 Å². The van der Waals surface area contributed by atoms with E-state index in [0.29, 0.717) is 5.56 Å². The number of benzene rings is 2. The monoisotopic (exact) mass is 328 g/mol. The van der Waals surface area contributed by atoms with Crippen molar-refractivity contribution in [1.29, 1.82) is 0 Å². The van der Waals surface area contributed by atoms with Crippen LogP contribution < -0.4 is 10.2 Å². The molecule has 3 rings (SSSR count). The fourth-order valence-corrected chi connectivity index (χ4v) is 3.32. The highest BCUT2D eigenvalue weighted by atomic mass is 32.2. The smallest absolute Gasteiger partial charge is 0.255 e. The SMILES string of the molecule is CS(=O)c1ccc(C(=O)Nc2ccccc2N2CCCC2)cc1. The number of rotatable bonds is 4. The number of nitrogens with one attached hydrogen (secondary N) is 1. The van der Waals surface area contributed by atoms with Gasteiger partial charge in [-0.2, -0.15) is 0 Å². The molecule has 1 saturated heterocycles. The first kappa shape index (κ1) is 15.7. The Labute approximate surface area is 139 Å². The van der Waals surface area contributed by atoms with Crippen LogP contribution in [0.3, 0.4) is 0 Å². The van der Waals surface area contributed by atoms with Crippen molar-refractivity contribution in [3.8, 4) is 0 Å². The quantitative estimate of drug-likeness (QED) is 0.937. The lowest BCUT2D eigenvalue weighted by Crippen LogP contribution is -2.21. The minimum absolute atomic E-state index is 0.148. The minimum atomic E-state index is -1.03. The number of amides is 1. The number of carbonyl (C=O) groups is 1. The molecule has 0 saturated carbocycles. The number of hydrogen-bond donors (Lipinski definition) is 1. The maximum atomic E-state index is 12.5. The van der Waals surface area contributed by atoms with Gasteiger partial charge in [0.05, 0.1) is 11.4 Å². The molecule has 1 aliphatic rings. The molecule has 0 bridgehead atoms. The van der Waals surface area contributed by atoms with Gasteiger partial charge in [0.25, 0.3) is 5.91 Å². The van der Waals surface area contributed by atoms with E-state index in [-0.39, 0.29) is 5.91 Å². The summed E-state index contributed by atoms with van der Waals surface area (Å²) in [5.41, 5.74) is 2.47. The van der Waals surface area contributed by atoms with E-state index in [1.165, 1.54) is 12.8 Å². The molecular weight excluding hydrogens is 308 g/mol. The third kappa shape index (κ3) is 3.62. The van der Waals surface area contributed by atoms with Crippen LogP contribution in [0, 0.1) is 0 Å². The van der Waals surface area contributed by atoms with Gasteiger partial charge in [0, 0.05) is 40.6 Å². The van der Waals surface area contributed by atoms with E-state index in [2.05, 4.69) is 10.2 Å². The van der Waals surface area contributed by atoms with E-state index in [1.54, 1.807) is 30.5 Å². The zero-order chi connectivity index (χ0) is 16.2. The van der Waals surface area contributed by atoms with E-state index in [9.17, 15) is 9.00 Å². The highest BCUT2D eigenvalue weighted by Crippen LogP contribution is 2.29. The Kier molecular flexibility index (Phi) is 4.76. The maximum absolute atomic E-state index is 12.5. The predicted molar refractivity (Wildman–Crippen MR) is 94.6 cm³/mol. The van der Waals surface area contributed by atoms with Gasteiger partial charge in [-0.3, -0.25) is 9.00 Å². The Balaban J connectivity index is 1.78. The largest absolute Gasteiger partial charge is 0.370 e. The van der Waals surface area contributed by atoms with Gasteiger partial charge < -0.3 is 10.2 Å². The summed E-state index contributed by atoms with van der Waals surface area (Å²) in [6.45, 7) is 2.06. The highest BCUT2D eigenvalue weighted by molar-refractivity contribution is 7.84. The van der Waals surface area contributed by atoms with Crippen molar-refractivity contribution < 1.29 is 9.00 Å². The zero-order valence-electron chi connectivity index (χ0n) is 13.1. The summed E-state index contributed by atoms with van der Waals surface area (Å²) in [4.78, 5) is 15.5. The van der Waals surface area contributed by atoms with Crippen LogP contribution >= 0.6 is 0 Å². The number of para-hydroxylation sites is 2. The fourth-order valence-electron chi connectivity index (χ4n) is 2.81. The molecule has 2 aromatic rings. The Hall–Kier alpha value is -2.14. The molecule has 120 valence electrons. The van der Waals surface area contributed by atoms with Crippen molar-refractivity contribution in [2.75, 3.05) is 29.6 Å². The van der Waals surface area contributed by atoms with Crippen LogP contribution in [0.5, 0.6) is 0 Å². The Morgan fingerprint density at radius 3 is 2.35 bits per heavy atom. The molecule has 23 heavy (non-hydrogen) atoms. The molecule has 1 heterocycles. The molecule has 0 spiro atoms. The standard InChI is InChI=1S/C18H20N2O2S/c1-23(22)15-10-8-14(9-11-15)18(21)19-16-6-2-3-7-17(16)20-12-4-5-13-20/h2-3,6-11H,4-5,12-13H2,1H3,(H,19,21). The Bertz CT molecular complexity index is 722. The van der Waals surface area contributed by atoms with Crippen LogP contribution in [0.15, 0.2) is 53.4 Å². The van der Waals surface area contributed by atoms with Gasteiger partial charge in [0.1, 0.15) is 0 Å². The molecule has 0 aliphatic carbocycles. The number of hydrogen-bond acceptors (Lipinski definition) is 3. The number of anilines is 2. The molecule has 5 heteroatoms. The van der Waals surface area contributed by atoms with E-state index in [1.807, 2.05) is 24.3 Å². The van der Waals surface area contributed by atoms with Crippen molar-refractivity contribution in [3.05, 3.63) is 54.1 Å². The van der Waals surface area contributed by atoms with Crippen LogP contribution in [-0.4, -0.2) is 29.5 Å². The molecule has 1 atom stereocenters. The molecule has 1 N–H and O–H groups in total. The van der Waals surface area contributed by atoms with Crippen LogP contribution in [0.25, 0.3) is 0 Å². The molecule has 2 aromatic carbocycles. The lowest BCUT2D eigenvalue weighted by atomic mass is 10.2. The molecule has 1 aliphatic heterocycles. The van der Waals surface area contributed by atoms with Crippen LogP contribution in [0.1, 0.15) is 23.2 Å². The molecule has 0 aromatic heterocycles. The lowest BCUT2D eigenvalue weighted by molar-refractivity contribution is 0.102. The second-order valence-electron chi connectivity index (χ2n) is 5.64. The third-order valence-electron chi connectivity index (χ3n) is 4.05. The van der Waals surface area contributed by atoms with Crippen molar-refractivity contribution in [2.24, 2.45) is 0 Å². The maximum Gasteiger partial charge on any atom is 0.255 e. The van der Waals surface area contributed by atoms with E-state index in [4.69, 9.17) is 0 Å². The third-order valence-corrected chi connectivity index (χ3v) is 4.98. The minimum Gasteiger partial charge on any atom is -0.370 e. The molecule has 1 fully saturated rings. The van der Waals surface area contributed by atoms with Gasteiger partial charge in [-0.1, -0.05) is 12.1 Å². The lowest BCUT2D eigenvalue weighted by Gasteiger charge is -2.21. The van der Waals surface area contributed by atoms with Crippen molar-refractivity contribution in [3.63, 3.8) is 0 Å². The number of carbonyl (C=O) groups excluding carboxylic acids is 1. The average molecular weight is 328 g/mol. The van der Waals surface area contributed by atoms with Crippen molar-refractivity contribution >= 4 is 28.1 Å². The summed E-state index contributed by atoms with van der Waals surface area (Å²) in [6.07, 6.45) is 4.01. The van der Waals surface area contributed by atoms with Crippen molar-refractivity contribution in [2.45, 2.75) is 17.7 Å². The first-order chi connectivity index (χ1) is 11.1. The summed E-state index contributed by atoms with van der Waals surface area (Å²) >= 11 is 0. The van der Waals surface area contributed by atoms with Crippen LogP contribution in [0.4, 0.5) is 11.4 Å². The summed E-state index contributed by atoms with van der Waals surface area (Å²) in [6, 6.07) is 14.8. The second-order valence-corrected chi connectivity index (χ2v) is 7.02. The fraction of sp³-hybridized carbons (Fsp3) is 0.278. The highest BCUT2D eigenvalue weighted by Gasteiger charge is 2.17. The summed E-state index contributed by atoms with van der Waals surface area (Å²) in [7, 11) is -1.03. The summed E-state index contributed by atoms with van der Waals surface area (Å²) in [5.74, 6) is -0.148. The van der Waals surface area contributed by atoms with Gasteiger partial charge in [-0.15, -0.1) is 0 Å². The predicted octanol–water partition coefficient (Wildman–Crippen LogP) is 3.28. The zero-order valence-corrected chi connectivity index (χ0v) is 13.9. The molecule has 1 unspecified atom stereocenters. The van der Waals surface area contributed by atoms with Crippen LogP contribution in [-0.2, 0) is 10.8 Å². The summed E-state index contributed by atoms with van der Waals surface area (Å²) in [5, 5.41) is 3.00. The van der Waals surface area contributed by atoms with E-state index >= 15 is 0 Å². The second kappa shape index (κ2) is 6.96. The Morgan fingerprint density at radius 2 is 1.70 bits per heavy atom. The Morgan fingerprint density at radius 1 is 1.04 bits per heavy atom. The molecular formula is C18H20N2O2S. The average Bonchev–Trinajstić information content (AvgIpc) is 3.09. The van der Waals surface area contributed by atoms with Gasteiger partial charge >= 0.3 is 0 Å². The molecule has 0 radical (unpaired) electrons. The van der Waals surface area contributed by atoms with Crippen LogP contribution in [0.2, 0.25) is 0 Å². The van der Waals surface area contributed by atoms with E-state index < -0.39 is 10.8 Å². The van der Waals surface area contributed by atoms with Gasteiger partial charge in [0.2, 0.25) is 0 Å². The molecule has 4 nitrogen and oxygen atoms in total. The van der Waals surface area contributed by atoms with Gasteiger partial charge in [-0.25, -0.2) is 0 Å².